The molecule has 0 radical (unpaired) electrons. The van der Waals surface area contributed by atoms with Crippen LogP contribution in [0.15, 0.2) is 18.2 Å². The van der Waals surface area contributed by atoms with Crippen LogP contribution < -0.4 is 10.6 Å². The van der Waals surface area contributed by atoms with E-state index < -0.39 is 29.3 Å². The van der Waals surface area contributed by atoms with Gasteiger partial charge in [-0.3, -0.25) is 9.69 Å². The van der Waals surface area contributed by atoms with Crippen molar-refractivity contribution in [2.24, 2.45) is 5.92 Å². The van der Waals surface area contributed by atoms with Crippen molar-refractivity contribution in [1.82, 2.24) is 10.2 Å². The van der Waals surface area contributed by atoms with Crippen LogP contribution in [0.5, 0.6) is 0 Å². The minimum atomic E-state index is -4.63. The summed E-state index contributed by atoms with van der Waals surface area (Å²) in [5, 5.41) is 5.00. The average molecular weight is 450 g/mol. The van der Waals surface area contributed by atoms with E-state index in [1.165, 1.54) is 6.07 Å². The first-order valence-electron chi connectivity index (χ1n) is 9.69. The first kappa shape index (κ1) is 24.3. The predicted octanol–water partition coefficient (Wildman–Crippen LogP) is 4.53. The Morgan fingerprint density at radius 2 is 1.97 bits per heavy atom. The standard InChI is InChI=1S/C20H27ClF3N3O3/c1-19(2,3)30-18(29)25-10-13-5-4-8-27(11-13)12-17(28)26-16-7-6-14(21)9-15(16)20(22,23)24/h6-7,9,13H,4-5,8,10-12H2,1-3H3,(H,25,29)(H,26,28). The van der Waals surface area contributed by atoms with Crippen molar-refractivity contribution in [1.29, 1.82) is 0 Å². The number of alkyl halides is 3. The topological polar surface area (TPSA) is 70.7 Å². The summed E-state index contributed by atoms with van der Waals surface area (Å²) < 4.78 is 44.7. The van der Waals surface area contributed by atoms with Crippen molar-refractivity contribution in [3.05, 3.63) is 28.8 Å². The summed E-state index contributed by atoms with van der Waals surface area (Å²) in [6, 6.07) is 3.23. The molecule has 2 rings (SSSR count). The van der Waals surface area contributed by atoms with Crippen molar-refractivity contribution in [3.8, 4) is 0 Å². The van der Waals surface area contributed by atoms with E-state index in [1.54, 1.807) is 20.8 Å². The summed E-state index contributed by atoms with van der Waals surface area (Å²) in [6.45, 7) is 6.90. The number of likely N-dealkylation sites (tertiary alicyclic amines) is 1. The molecule has 1 heterocycles. The van der Waals surface area contributed by atoms with Crippen LogP contribution in [0.4, 0.5) is 23.7 Å². The van der Waals surface area contributed by atoms with Crippen LogP contribution >= 0.6 is 11.6 Å². The quantitative estimate of drug-likeness (QED) is 0.692. The number of carbonyl (C=O) groups excluding carboxylic acids is 2. The lowest BCUT2D eigenvalue weighted by Gasteiger charge is -2.32. The van der Waals surface area contributed by atoms with Gasteiger partial charge in [0.1, 0.15) is 5.60 Å². The van der Waals surface area contributed by atoms with Crippen LogP contribution in [-0.4, -0.2) is 48.7 Å². The lowest BCUT2D eigenvalue weighted by atomic mass is 9.98. The molecule has 168 valence electrons. The highest BCUT2D eigenvalue weighted by atomic mass is 35.5. The number of rotatable bonds is 5. The Hall–Kier alpha value is -2.00. The van der Waals surface area contributed by atoms with Crippen LogP contribution in [0, 0.1) is 5.92 Å². The van der Waals surface area contributed by atoms with Crippen LogP contribution in [-0.2, 0) is 15.7 Å². The third-order valence-electron chi connectivity index (χ3n) is 4.47. The lowest BCUT2D eigenvalue weighted by molar-refractivity contribution is -0.137. The maximum absolute atomic E-state index is 13.2. The smallest absolute Gasteiger partial charge is 0.418 e. The molecule has 1 unspecified atom stereocenters. The highest BCUT2D eigenvalue weighted by Gasteiger charge is 2.34. The predicted molar refractivity (Wildman–Crippen MR) is 108 cm³/mol. The molecule has 0 bridgehead atoms. The summed E-state index contributed by atoms with van der Waals surface area (Å²) in [4.78, 5) is 26.0. The Morgan fingerprint density at radius 3 is 2.60 bits per heavy atom. The van der Waals surface area contributed by atoms with E-state index in [4.69, 9.17) is 16.3 Å². The van der Waals surface area contributed by atoms with Crippen LogP contribution in [0.2, 0.25) is 5.02 Å². The Kier molecular flexibility index (Phi) is 7.99. The number of benzene rings is 1. The SMILES string of the molecule is CC(C)(C)OC(=O)NCC1CCCN(CC(=O)Nc2ccc(Cl)cc2C(F)(F)F)C1. The van der Waals surface area contributed by atoms with Crippen molar-refractivity contribution >= 4 is 29.3 Å². The number of alkyl carbamates (subject to hydrolysis) is 1. The minimum absolute atomic E-state index is 0.0388. The van der Waals surface area contributed by atoms with Crippen LogP contribution in [0.25, 0.3) is 0 Å². The first-order chi connectivity index (χ1) is 13.8. The molecule has 0 aromatic heterocycles. The molecular formula is C20H27ClF3N3O3. The van der Waals surface area contributed by atoms with Gasteiger partial charge in [0.2, 0.25) is 5.91 Å². The lowest BCUT2D eigenvalue weighted by Crippen LogP contribution is -2.44. The molecule has 0 aliphatic carbocycles. The molecule has 30 heavy (non-hydrogen) atoms. The fourth-order valence-electron chi connectivity index (χ4n) is 3.26. The Labute approximate surface area is 179 Å². The molecule has 2 N–H and O–H groups in total. The number of halogens is 4. The summed E-state index contributed by atoms with van der Waals surface area (Å²) >= 11 is 5.66. The molecule has 1 aliphatic heterocycles. The van der Waals surface area contributed by atoms with Gasteiger partial charge < -0.3 is 15.4 Å². The van der Waals surface area contributed by atoms with Gasteiger partial charge in [-0.1, -0.05) is 11.6 Å². The second-order valence-corrected chi connectivity index (χ2v) is 8.80. The number of carbonyl (C=O) groups is 2. The molecular weight excluding hydrogens is 423 g/mol. The highest BCUT2D eigenvalue weighted by molar-refractivity contribution is 6.30. The summed E-state index contributed by atoms with van der Waals surface area (Å²) in [5.41, 5.74) is -1.89. The number of nitrogens with one attached hydrogen (secondary N) is 2. The summed E-state index contributed by atoms with van der Waals surface area (Å²) in [5.74, 6) is -0.413. The van der Waals surface area contributed by atoms with Crippen molar-refractivity contribution in [2.45, 2.75) is 45.4 Å². The molecule has 0 saturated carbocycles. The number of hydrogen-bond donors (Lipinski definition) is 2. The molecule has 1 saturated heterocycles. The summed E-state index contributed by atoms with van der Waals surface area (Å²) in [7, 11) is 0. The number of anilines is 1. The van der Waals surface area contributed by atoms with E-state index in [2.05, 4.69) is 10.6 Å². The monoisotopic (exact) mass is 449 g/mol. The number of amides is 2. The van der Waals surface area contributed by atoms with E-state index in [0.29, 0.717) is 19.6 Å². The van der Waals surface area contributed by atoms with E-state index in [0.717, 1.165) is 25.0 Å². The van der Waals surface area contributed by atoms with Gasteiger partial charge in [-0.25, -0.2) is 4.79 Å². The molecule has 6 nitrogen and oxygen atoms in total. The fourth-order valence-corrected chi connectivity index (χ4v) is 3.43. The van der Waals surface area contributed by atoms with E-state index in [-0.39, 0.29) is 23.2 Å². The van der Waals surface area contributed by atoms with E-state index >= 15 is 0 Å². The maximum atomic E-state index is 13.2. The number of piperidine rings is 1. The zero-order valence-electron chi connectivity index (χ0n) is 17.2. The van der Waals surface area contributed by atoms with Gasteiger partial charge in [0.15, 0.2) is 0 Å². The number of hydrogen-bond acceptors (Lipinski definition) is 4. The average Bonchev–Trinajstić information content (AvgIpc) is 2.59. The molecule has 10 heteroatoms. The van der Waals surface area contributed by atoms with Gasteiger partial charge >= 0.3 is 12.3 Å². The normalized spacial score (nSPS) is 18.0. The Morgan fingerprint density at radius 1 is 1.27 bits per heavy atom. The molecule has 0 spiro atoms. The number of ether oxygens (including phenoxy) is 1. The zero-order valence-corrected chi connectivity index (χ0v) is 18.0. The van der Waals surface area contributed by atoms with Crippen LogP contribution in [0.1, 0.15) is 39.2 Å². The van der Waals surface area contributed by atoms with E-state index in [1.807, 2.05) is 4.90 Å². The van der Waals surface area contributed by atoms with Crippen molar-refractivity contribution in [2.75, 3.05) is 31.5 Å². The van der Waals surface area contributed by atoms with Gasteiger partial charge in [-0.15, -0.1) is 0 Å². The minimum Gasteiger partial charge on any atom is -0.444 e. The van der Waals surface area contributed by atoms with Crippen molar-refractivity contribution in [3.63, 3.8) is 0 Å². The molecule has 1 atom stereocenters. The molecule has 1 aliphatic rings. The van der Waals surface area contributed by atoms with Gasteiger partial charge in [-0.2, -0.15) is 13.2 Å². The Balaban J connectivity index is 1.88. The third-order valence-corrected chi connectivity index (χ3v) is 4.70. The Bertz CT molecular complexity index is 766. The largest absolute Gasteiger partial charge is 0.444 e. The van der Waals surface area contributed by atoms with Gasteiger partial charge in [0.25, 0.3) is 0 Å². The first-order valence-corrected chi connectivity index (χ1v) is 10.1. The van der Waals surface area contributed by atoms with E-state index in [9.17, 15) is 22.8 Å². The van der Waals surface area contributed by atoms with Crippen molar-refractivity contribution < 1.29 is 27.5 Å². The number of nitrogens with zero attached hydrogens (tertiary/aromatic N) is 1. The second kappa shape index (κ2) is 9.87. The van der Waals surface area contributed by atoms with Gasteiger partial charge in [0.05, 0.1) is 17.8 Å². The van der Waals surface area contributed by atoms with Gasteiger partial charge in [0, 0.05) is 18.1 Å². The third kappa shape index (κ3) is 8.02. The molecule has 1 fully saturated rings. The highest BCUT2D eigenvalue weighted by Crippen LogP contribution is 2.36. The molecule has 1 aromatic rings. The fraction of sp³-hybridized carbons (Fsp3) is 0.600. The molecule has 1 aromatic carbocycles. The van der Waals surface area contributed by atoms with Crippen LogP contribution in [0.3, 0.4) is 0 Å². The maximum Gasteiger partial charge on any atom is 0.418 e. The zero-order chi connectivity index (χ0) is 22.5. The second-order valence-electron chi connectivity index (χ2n) is 8.36. The summed E-state index contributed by atoms with van der Waals surface area (Å²) in [6.07, 6.45) is -3.43. The molecule has 2 amide bonds. The van der Waals surface area contributed by atoms with Gasteiger partial charge in [-0.05, 0) is 64.3 Å².